The van der Waals surface area contributed by atoms with Crippen LogP contribution in [0.5, 0.6) is 0 Å². The third-order valence-corrected chi connectivity index (χ3v) is 4.17. The zero-order valence-electron chi connectivity index (χ0n) is 10.1. The van der Waals surface area contributed by atoms with E-state index in [9.17, 15) is 13.2 Å². The predicted molar refractivity (Wildman–Crippen MR) is 64.1 cm³/mol. The highest BCUT2D eigenvalue weighted by Gasteiger charge is 2.16. The highest BCUT2D eigenvalue weighted by molar-refractivity contribution is 7.89. The van der Waals surface area contributed by atoms with E-state index in [4.69, 9.17) is 0 Å². The molecule has 2 N–H and O–H groups in total. The lowest BCUT2D eigenvalue weighted by molar-refractivity contribution is -0.140. The number of hydrogen-bond donors (Lipinski definition) is 2. The first-order chi connectivity index (χ1) is 8.03. The third kappa shape index (κ3) is 5.99. The Morgan fingerprint density at radius 1 is 1.53 bits per heavy atom. The van der Waals surface area contributed by atoms with Gasteiger partial charge in [0.2, 0.25) is 10.0 Å². The van der Waals surface area contributed by atoms with Crippen LogP contribution in [-0.4, -0.2) is 46.4 Å². The maximum absolute atomic E-state index is 11.5. The summed E-state index contributed by atoms with van der Waals surface area (Å²) in [6, 6.07) is 0.415. The molecule has 1 fully saturated rings. The topological polar surface area (TPSA) is 84.5 Å². The van der Waals surface area contributed by atoms with Crippen LogP contribution in [0.3, 0.4) is 0 Å². The standard InChI is InChI=1S/C10H20N2O4S/c1-16-10(13)5-8-17(14,15)12-7-4-9-3-2-6-11-9/h9,11-12H,2-8H2,1H3/t9-/m0/s1. The summed E-state index contributed by atoms with van der Waals surface area (Å²) in [7, 11) is -2.11. The van der Waals surface area contributed by atoms with Crippen molar-refractivity contribution in [3.8, 4) is 0 Å². The van der Waals surface area contributed by atoms with Crippen LogP contribution in [0.25, 0.3) is 0 Å². The molecule has 1 aliphatic heterocycles. The van der Waals surface area contributed by atoms with Gasteiger partial charge in [0.1, 0.15) is 0 Å². The zero-order valence-corrected chi connectivity index (χ0v) is 10.9. The molecule has 6 nitrogen and oxygen atoms in total. The fraction of sp³-hybridized carbons (Fsp3) is 0.900. The Hall–Kier alpha value is -0.660. The van der Waals surface area contributed by atoms with Gasteiger partial charge in [-0.2, -0.15) is 0 Å². The number of methoxy groups -OCH3 is 1. The average molecular weight is 264 g/mol. The lowest BCUT2D eigenvalue weighted by Gasteiger charge is -2.10. The molecule has 0 aromatic carbocycles. The molecule has 17 heavy (non-hydrogen) atoms. The van der Waals surface area contributed by atoms with Crippen molar-refractivity contribution in [1.29, 1.82) is 0 Å². The largest absolute Gasteiger partial charge is 0.469 e. The Balaban J connectivity index is 2.17. The second-order valence-corrected chi connectivity index (χ2v) is 6.05. The van der Waals surface area contributed by atoms with Crippen LogP contribution in [0, 0.1) is 0 Å². The van der Waals surface area contributed by atoms with E-state index in [2.05, 4.69) is 14.8 Å². The fourth-order valence-electron chi connectivity index (χ4n) is 1.78. The van der Waals surface area contributed by atoms with Gasteiger partial charge in [0, 0.05) is 12.6 Å². The van der Waals surface area contributed by atoms with E-state index < -0.39 is 16.0 Å². The number of hydrogen-bond acceptors (Lipinski definition) is 5. The maximum atomic E-state index is 11.5. The van der Waals surface area contributed by atoms with E-state index in [1.54, 1.807) is 0 Å². The van der Waals surface area contributed by atoms with Gasteiger partial charge in [-0.3, -0.25) is 4.79 Å². The molecule has 100 valence electrons. The molecule has 0 unspecified atom stereocenters. The summed E-state index contributed by atoms with van der Waals surface area (Å²) in [6.45, 7) is 1.43. The van der Waals surface area contributed by atoms with E-state index in [1.807, 2.05) is 0 Å². The normalized spacial score (nSPS) is 20.4. The van der Waals surface area contributed by atoms with Crippen molar-refractivity contribution < 1.29 is 17.9 Å². The summed E-state index contributed by atoms with van der Waals surface area (Å²) in [5.41, 5.74) is 0. The molecule has 0 aromatic heterocycles. The number of sulfonamides is 1. The molecule has 0 bridgehead atoms. The maximum Gasteiger partial charge on any atom is 0.306 e. The Kier molecular flexibility index (Phi) is 5.87. The Labute approximate surface area is 102 Å². The second kappa shape index (κ2) is 6.93. The first-order valence-corrected chi connectivity index (χ1v) is 7.46. The molecule has 1 aliphatic rings. The molecule has 0 aromatic rings. The van der Waals surface area contributed by atoms with Crippen molar-refractivity contribution in [2.75, 3.05) is 26.0 Å². The molecule has 1 rings (SSSR count). The average Bonchev–Trinajstić information content (AvgIpc) is 2.79. The van der Waals surface area contributed by atoms with E-state index in [0.717, 1.165) is 25.8 Å². The minimum Gasteiger partial charge on any atom is -0.469 e. The van der Waals surface area contributed by atoms with Crippen LogP contribution in [0.15, 0.2) is 0 Å². The lowest BCUT2D eigenvalue weighted by Crippen LogP contribution is -2.32. The van der Waals surface area contributed by atoms with Crippen molar-refractivity contribution in [2.45, 2.75) is 31.7 Å². The molecule has 1 atom stereocenters. The van der Waals surface area contributed by atoms with Gasteiger partial charge < -0.3 is 10.1 Å². The van der Waals surface area contributed by atoms with Crippen molar-refractivity contribution in [3.05, 3.63) is 0 Å². The molecule has 0 spiro atoms. The van der Waals surface area contributed by atoms with Crippen molar-refractivity contribution >= 4 is 16.0 Å². The second-order valence-electron chi connectivity index (χ2n) is 4.12. The minimum absolute atomic E-state index is 0.104. The van der Waals surface area contributed by atoms with Gasteiger partial charge in [0.15, 0.2) is 0 Å². The molecule has 0 saturated carbocycles. The zero-order chi connectivity index (χ0) is 12.7. The molecule has 1 heterocycles. The molecule has 7 heteroatoms. The van der Waals surface area contributed by atoms with E-state index in [1.165, 1.54) is 7.11 Å². The van der Waals surface area contributed by atoms with Crippen molar-refractivity contribution in [3.63, 3.8) is 0 Å². The molecule has 1 saturated heterocycles. The van der Waals surface area contributed by atoms with Crippen LogP contribution in [0.2, 0.25) is 0 Å². The number of carbonyl (C=O) groups is 1. The number of carbonyl (C=O) groups excluding carboxylic acids is 1. The van der Waals surface area contributed by atoms with Gasteiger partial charge in [-0.1, -0.05) is 0 Å². The third-order valence-electron chi connectivity index (χ3n) is 2.78. The minimum atomic E-state index is -3.36. The van der Waals surface area contributed by atoms with Crippen LogP contribution >= 0.6 is 0 Å². The first-order valence-electron chi connectivity index (χ1n) is 5.81. The Morgan fingerprint density at radius 3 is 2.88 bits per heavy atom. The number of esters is 1. The fourth-order valence-corrected chi connectivity index (χ4v) is 2.79. The highest BCUT2D eigenvalue weighted by Crippen LogP contribution is 2.07. The van der Waals surface area contributed by atoms with Crippen LogP contribution in [0.4, 0.5) is 0 Å². The van der Waals surface area contributed by atoms with E-state index in [0.29, 0.717) is 12.6 Å². The summed E-state index contributed by atoms with van der Waals surface area (Å²) in [6.07, 6.45) is 2.94. The van der Waals surface area contributed by atoms with Crippen molar-refractivity contribution in [1.82, 2.24) is 10.0 Å². The summed E-state index contributed by atoms with van der Waals surface area (Å²) >= 11 is 0. The van der Waals surface area contributed by atoms with Gasteiger partial charge >= 0.3 is 5.97 Å². The lowest BCUT2D eigenvalue weighted by atomic mass is 10.2. The molecule has 0 radical (unpaired) electrons. The molecule has 0 aliphatic carbocycles. The monoisotopic (exact) mass is 264 g/mol. The molecule has 0 amide bonds. The first kappa shape index (κ1) is 14.4. The smallest absolute Gasteiger partial charge is 0.306 e. The molecular formula is C10H20N2O4S. The van der Waals surface area contributed by atoms with E-state index in [-0.39, 0.29) is 12.2 Å². The Bertz CT molecular complexity index is 336. The Morgan fingerprint density at radius 2 is 2.29 bits per heavy atom. The number of ether oxygens (including phenoxy) is 1. The summed E-state index contributed by atoms with van der Waals surface area (Å²) in [4.78, 5) is 10.8. The highest BCUT2D eigenvalue weighted by atomic mass is 32.2. The SMILES string of the molecule is COC(=O)CCS(=O)(=O)NCC[C@@H]1CCCN1. The summed E-state index contributed by atoms with van der Waals surface area (Å²) in [5, 5.41) is 3.29. The van der Waals surface area contributed by atoms with Gasteiger partial charge in [-0.15, -0.1) is 0 Å². The summed E-state index contributed by atoms with van der Waals surface area (Å²) < 4.78 is 29.9. The van der Waals surface area contributed by atoms with Gasteiger partial charge in [-0.25, -0.2) is 13.1 Å². The number of rotatable bonds is 7. The quantitative estimate of drug-likeness (QED) is 0.612. The van der Waals surface area contributed by atoms with Crippen LogP contribution in [-0.2, 0) is 19.6 Å². The van der Waals surface area contributed by atoms with Crippen LogP contribution < -0.4 is 10.0 Å². The van der Waals surface area contributed by atoms with Gasteiger partial charge in [0.05, 0.1) is 19.3 Å². The van der Waals surface area contributed by atoms with Crippen LogP contribution in [0.1, 0.15) is 25.7 Å². The summed E-state index contributed by atoms with van der Waals surface area (Å²) in [5.74, 6) is -0.717. The van der Waals surface area contributed by atoms with Gasteiger partial charge in [0.25, 0.3) is 0 Å². The van der Waals surface area contributed by atoms with Crippen molar-refractivity contribution in [2.24, 2.45) is 0 Å². The predicted octanol–water partition coefficient (Wildman–Crippen LogP) is -0.389. The van der Waals surface area contributed by atoms with Gasteiger partial charge in [-0.05, 0) is 25.8 Å². The van der Waals surface area contributed by atoms with E-state index >= 15 is 0 Å². The molecular weight excluding hydrogens is 244 g/mol. The number of nitrogens with one attached hydrogen (secondary N) is 2.